The predicted molar refractivity (Wildman–Crippen MR) is 90.6 cm³/mol. The van der Waals surface area contributed by atoms with Crippen LogP contribution in [-0.4, -0.2) is 36.1 Å². The van der Waals surface area contributed by atoms with Crippen molar-refractivity contribution in [2.24, 2.45) is 5.92 Å². The van der Waals surface area contributed by atoms with Gasteiger partial charge in [0, 0.05) is 31.2 Å². The van der Waals surface area contributed by atoms with Crippen LogP contribution in [0.25, 0.3) is 0 Å². The summed E-state index contributed by atoms with van der Waals surface area (Å²) in [6.45, 7) is 5.00. The van der Waals surface area contributed by atoms with Crippen LogP contribution in [0.1, 0.15) is 84.0 Å². The minimum absolute atomic E-state index is 0.745. The fraction of sp³-hybridized carbons (Fsp3) is 1.00. The number of nitrogens with zero attached hydrogens (tertiary/aromatic N) is 1. The molecule has 1 saturated heterocycles. The van der Waals surface area contributed by atoms with E-state index in [4.69, 9.17) is 0 Å². The summed E-state index contributed by atoms with van der Waals surface area (Å²) >= 11 is 0. The molecule has 3 fully saturated rings. The van der Waals surface area contributed by atoms with E-state index in [9.17, 15) is 0 Å². The third-order valence-corrected chi connectivity index (χ3v) is 6.41. The molecule has 2 atom stereocenters. The maximum Gasteiger partial charge on any atom is 0.0224 e. The van der Waals surface area contributed by atoms with E-state index in [1.807, 2.05) is 0 Å². The molecule has 0 amide bonds. The second-order valence-corrected chi connectivity index (χ2v) is 7.96. The Kier molecular flexibility index (Phi) is 5.99. The van der Waals surface area contributed by atoms with Crippen LogP contribution >= 0.6 is 0 Å². The van der Waals surface area contributed by atoms with Gasteiger partial charge in [-0.15, -0.1) is 0 Å². The number of nitrogens with one attached hydrogen (secondary N) is 1. The molecule has 0 aromatic heterocycles. The average molecular weight is 293 g/mol. The third kappa shape index (κ3) is 4.22. The van der Waals surface area contributed by atoms with Gasteiger partial charge in [-0.3, -0.25) is 4.90 Å². The SMILES string of the molecule is CC1CNC(C2CCCCC2)CN1C1CCCCCCC1. The monoisotopic (exact) mass is 292 g/mol. The summed E-state index contributed by atoms with van der Waals surface area (Å²) in [4.78, 5) is 2.90. The lowest BCUT2D eigenvalue weighted by Crippen LogP contribution is -2.60. The van der Waals surface area contributed by atoms with Gasteiger partial charge in [0.05, 0.1) is 0 Å². The lowest BCUT2D eigenvalue weighted by atomic mass is 9.82. The highest BCUT2D eigenvalue weighted by molar-refractivity contribution is 4.92. The summed E-state index contributed by atoms with van der Waals surface area (Å²) < 4.78 is 0. The Balaban J connectivity index is 1.59. The summed E-state index contributed by atoms with van der Waals surface area (Å²) in [6.07, 6.45) is 17.7. The van der Waals surface area contributed by atoms with Gasteiger partial charge in [-0.05, 0) is 38.5 Å². The van der Waals surface area contributed by atoms with Crippen molar-refractivity contribution in [1.82, 2.24) is 10.2 Å². The largest absolute Gasteiger partial charge is 0.311 e. The Labute approximate surface area is 132 Å². The van der Waals surface area contributed by atoms with Crippen LogP contribution in [0.15, 0.2) is 0 Å². The third-order valence-electron chi connectivity index (χ3n) is 6.41. The zero-order valence-electron chi connectivity index (χ0n) is 14.2. The van der Waals surface area contributed by atoms with E-state index in [0.29, 0.717) is 0 Å². The molecule has 0 aromatic rings. The zero-order chi connectivity index (χ0) is 14.5. The van der Waals surface area contributed by atoms with Crippen molar-refractivity contribution in [1.29, 1.82) is 0 Å². The average Bonchev–Trinajstić information content (AvgIpc) is 2.49. The van der Waals surface area contributed by atoms with Crippen molar-refractivity contribution in [2.75, 3.05) is 13.1 Å². The van der Waals surface area contributed by atoms with Crippen LogP contribution in [-0.2, 0) is 0 Å². The Morgan fingerprint density at radius 3 is 2.05 bits per heavy atom. The van der Waals surface area contributed by atoms with Gasteiger partial charge in [0.25, 0.3) is 0 Å². The second kappa shape index (κ2) is 7.97. The summed E-state index contributed by atoms with van der Waals surface area (Å²) in [6, 6.07) is 2.41. The minimum Gasteiger partial charge on any atom is -0.311 e. The molecule has 3 aliphatic rings. The second-order valence-electron chi connectivity index (χ2n) is 7.96. The smallest absolute Gasteiger partial charge is 0.0224 e. The number of rotatable bonds is 2. The van der Waals surface area contributed by atoms with Gasteiger partial charge in [-0.1, -0.05) is 51.4 Å². The van der Waals surface area contributed by atoms with Crippen molar-refractivity contribution in [3.8, 4) is 0 Å². The molecular formula is C19H36N2. The number of hydrogen-bond acceptors (Lipinski definition) is 2. The normalized spacial score (nSPS) is 35.3. The van der Waals surface area contributed by atoms with Gasteiger partial charge in [0.1, 0.15) is 0 Å². The molecule has 2 nitrogen and oxygen atoms in total. The minimum atomic E-state index is 0.745. The standard InChI is InChI=1S/C19H36N2/c1-16-14-20-19(17-10-6-5-7-11-17)15-21(16)18-12-8-3-2-4-9-13-18/h16-20H,2-15H2,1H3. The molecule has 122 valence electrons. The lowest BCUT2D eigenvalue weighted by molar-refractivity contribution is 0.0543. The van der Waals surface area contributed by atoms with Gasteiger partial charge in [-0.25, -0.2) is 0 Å². The molecule has 2 saturated carbocycles. The predicted octanol–water partition coefficient (Wildman–Crippen LogP) is 4.34. The topological polar surface area (TPSA) is 15.3 Å². The maximum absolute atomic E-state index is 3.89. The van der Waals surface area contributed by atoms with Crippen LogP contribution < -0.4 is 5.32 Å². The zero-order valence-corrected chi connectivity index (χ0v) is 14.2. The fourth-order valence-electron chi connectivity index (χ4n) is 5.04. The highest BCUT2D eigenvalue weighted by Gasteiger charge is 2.34. The first-order valence-corrected chi connectivity index (χ1v) is 9.84. The molecule has 2 heteroatoms. The highest BCUT2D eigenvalue weighted by Crippen LogP contribution is 2.30. The van der Waals surface area contributed by atoms with Crippen LogP contribution in [0, 0.1) is 5.92 Å². The quantitative estimate of drug-likeness (QED) is 0.814. The van der Waals surface area contributed by atoms with Crippen molar-refractivity contribution in [3.63, 3.8) is 0 Å². The van der Waals surface area contributed by atoms with Crippen molar-refractivity contribution < 1.29 is 0 Å². The van der Waals surface area contributed by atoms with Gasteiger partial charge in [-0.2, -0.15) is 0 Å². The van der Waals surface area contributed by atoms with E-state index in [-0.39, 0.29) is 0 Å². The molecule has 21 heavy (non-hydrogen) atoms. The first-order valence-electron chi connectivity index (χ1n) is 9.84. The molecule has 2 unspecified atom stereocenters. The van der Waals surface area contributed by atoms with Crippen LogP contribution in [0.5, 0.6) is 0 Å². The first kappa shape index (κ1) is 15.8. The van der Waals surface area contributed by atoms with E-state index in [1.165, 1.54) is 90.1 Å². The molecule has 0 bridgehead atoms. The highest BCUT2D eigenvalue weighted by atomic mass is 15.3. The van der Waals surface area contributed by atoms with Gasteiger partial charge < -0.3 is 5.32 Å². The Hall–Kier alpha value is -0.0800. The summed E-state index contributed by atoms with van der Waals surface area (Å²) in [5.74, 6) is 0.960. The van der Waals surface area contributed by atoms with Crippen molar-refractivity contribution in [3.05, 3.63) is 0 Å². The molecule has 2 aliphatic carbocycles. The molecular weight excluding hydrogens is 256 g/mol. The van der Waals surface area contributed by atoms with E-state index in [0.717, 1.165) is 24.0 Å². The number of hydrogen-bond donors (Lipinski definition) is 1. The van der Waals surface area contributed by atoms with E-state index in [1.54, 1.807) is 0 Å². The van der Waals surface area contributed by atoms with Gasteiger partial charge >= 0.3 is 0 Å². The molecule has 0 spiro atoms. The van der Waals surface area contributed by atoms with Gasteiger partial charge in [0.15, 0.2) is 0 Å². The molecule has 3 rings (SSSR count). The lowest BCUT2D eigenvalue weighted by Gasteiger charge is -2.46. The van der Waals surface area contributed by atoms with E-state index < -0.39 is 0 Å². The van der Waals surface area contributed by atoms with Crippen LogP contribution in [0.4, 0.5) is 0 Å². The fourth-order valence-corrected chi connectivity index (χ4v) is 5.04. The molecule has 1 aliphatic heterocycles. The van der Waals surface area contributed by atoms with Crippen LogP contribution in [0.2, 0.25) is 0 Å². The Morgan fingerprint density at radius 1 is 0.762 bits per heavy atom. The summed E-state index contributed by atoms with van der Waals surface area (Å²) in [5, 5.41) is 3.89. The van der Waals surface area contributed by atoms with Crippen molar-refractivity contribution in [2.45, 2.75) is 102 Å². The Morgan fingerprint density at radius 2 is 1.33 bits per heavy atom. The molecule has 1 heterocycles. The van der Waals surface area contributed by atoms with E-state index >= 15 is 0 Å². The molecule has 0 aromatic carbocycles. The van der Waals surface area contributed by atoms with Crippen molar-refractivity contribution >= 4 is 0 Å². The molecule has 1 N–H and O–H groups in total. The summed E-state index contributed by atoms with van der Waals surface area (Å²) in [5.41, 5.74) is 0. The Bertz CT molecular complexity index is 290. The van der Waals surface area contributed by atoms with E-state index in [2.05, 4.69) is 17.1 Å². The number of piperazine rings is 1. The maximum atomic E-state index is 3.89. The summed E-state index contributed by atoms with van der Waals surface area (Å²) in [7, 11) is 0. The first-order chi connectivity index (χ1) is 10.3. The van der Waals surface area contributed by atoms with Crippen LogP contribution in [0.3, 0.4) is 0 Å². The molecule has 0 radical (unpaired) electrons. The van der Waals surface area contributed by atoms with Gasteiger partial charge in [0.2, 0.25) is 0 Å².